The summed E-state index contributed by atoms with van der Waals surface area (Å²) in [5.74, 6) is -0.495. The lowest BCUT2D eigenvalue weighted by Crippen LogP contribution is -2.00. The van der Waals surface area contributed by atoms with E-state index in [0.29, 0.717) is 35.4 Å². The molecule has 0 fully saturated rings. The van der Waals surface area contributed by atoms with Crippen molar-refractivity contribution in [2.75, 3.05) is 0 Å². The highest BCUT2D eigenvalue weighted by Crippen LogP contribution is 2.23. The van der Waals surface area contributed by atoms with Crippen LogP contribution in [0.25, 0.3) is 16.9 Å². The van der Waals surface area contributed by atoms with Gasteiger partial charge < -0.3 is 4.79 Å². The van der Waals surface area contributed by atoms with Crippen LogP contribution in [0, 0.1) is 5.95 Å². The predicted octanol–water partition coefficient (Wildman–Crippen LogP) is 2.45. The van der Waals surface area contributed by atoms with E-state index in [1.807, 2.05) is 0 Å². The standard InChI is InChI=1S/C15H13FN4O/c1-10(21)2-3-11-4-5-12(15(16)19-11)13-8-18-14-9-17-6-7-20(13)14/h4-9H,2-3H2,1H3. The van der Waals surface area contributed by atoms with Gasteiger partial charge in [0.2, 0.25) is 5.95 Å². The molecule has 106 valence electrons. The molecule has 0 aliphatic heterocycles. The molecule has 0 amide bonds. The molecule has 6 heteroatoms. The van der Waals surface area contributed by atoms with Crippen molar-refractivity contribution < 1.29 is 9.18 Å². The van der Waals surface area contributed by atoms with E-state index in [9.17, 15) is 9.18 Å². The lowest BCUT2D eigenvalue weighted by molar-refractivity contribution is -0.117. The molecular weight excluding hydrogens is 271 g/mol. The van der Waals surface area contributed by atoms with Crippen LogP contribution in [0.3, 0.4) is 0 Å². The van der Waals surface area contributed by atoms with Crippen molar-refractivity contribution in [3.8, 4) is 11.3 Å². The van der Waals surface area contributed by atoms with Gasteiger partial charge in [0.15, 0.2) is 5.65 Å². The number of imidazole rings is 1. The zero-order chi connectivity index (χ0) is 14.8. The van der Waals surface area contributed by atoms with Crippen molar-refractivity contribution in [3.63, 3.8) is 0 Å². The number of rotatable bonds is 4. The van der Waals surface area contributed by atoms with Gasteiger partial charge in [-0.05, 0) is 25.5 Å². The van der Waals surface area contributed by atoms with E-state index in [0.717, 1.165) is 0 Å². The van der Waals surface area contributed by atoms with Gasteiger partial charge in [-0.25, -0.2) is 9.97 Å². The highest BCUT2D eigenvalue weighted by atomic mass is 19.1. The number of aryl methyl sites for hydroxylation is 1. The maximum absolute atomic E-state index is 14.2. The van der Waals surface area contributed by atoms with Crippen LogP contribution < -0.4 is 0 Å². The van der Waals surface area contributed by atoms with Crippen LogP contribution in [0.1, 0.15) is 19.0 Å². The first-order valence-corrected chi connectivity index (χ1v) is 6.57. The van der Waals surface area contributed by atoms with E-state index >= 15 is 0 Å². The first-order valence-electron chi connectivity index (χ1n) is 6.57. The van der Waals surface area contributed by atoms with Crippen molar-refractivity contribution in [1.29, 1.82) is 0 Å². The molecule has 0 spiro atoms. The first-order chi connectivity index (χ1) is 10.1. The maximum Gasteiger partial charge on any atom is 0.222 e. The number of hydrogen-bond donors (Lipinski definition) is 0. The van der Waals surface area contributed by atoms with Gasteiger partial charge in [0.25, 0.3) is 0 Å². The molecule has 21 heavy (non-hydrogen) atoms. The molecule has 0 aliphatic rings. The fraction of sp³-hybridized carbons (Fsp3) is 0.200. The van der Waals surface area contributed by atoms with Gasteiger partial charge in [-0.15, -0.1) is 0 Å². The molecule has 0 aromatic carbocycles. The Labute approximate surface area is 120 Å². The van der Waals surface area contributed by atoms with Gasteiger partial charge >= 0.3 is 0 Å². The van der Waals surface area contributed by atoms with Crippen LogP contribution in [-0.4, -0.2) is 25.1 Å². The number of halogens is 1. The highest BCUT2D eigenvalue weighted by Gasteiger charge is 2.12. The monoisotopic (exact) mass is 284 g/mol. The maximum atomic E-state index is 14.2. The molecule has 3 aromatic heterocycles. The van der Waals surface area contributed by atoms with E-state index in [1.54, 1.807) is 41.3 Å². The number of carbonyl (C=O) groups is 1. The smallest absolute Gasteiger partial charge is 0.222 e. The largest absolute Gasteiger partial charge is 0.300 e. The van der Waals surface area contributed by atoms with E-state index in [1.165, 1.54) is 6.92 Å². The van der Waals surface area contributed by atoms with Crippen LogP contribution in [0.2, 0.25) is 0 Å². The number of hydrogen-bond acceptors (Lipinski definition) is 4. The van der Waals surface area contributed by atoms with Crippen molar-refractivity contribution in [1.82, 2.24) is 19.4 Å². The summed E-state index contributed by atoms with van der Waals surface area (Å²) in [6.07, 6.45) is 7.35. The Morgan fingerprint density at radius 2 is 2.19 bits per heavy atom. The van der Waals surface area contributed by atoms with Crippen molar-refractivity contribution in [2.45, 2.75) is 19.8 Å². The Balaban J connectivity index is 1.97. The zero-order valence-corrected chi connectivity index (χ0v) is 11.5. The fourth-order valence-corrected chi connectivity index (χ4v) is 2.15. The Hall–Kier alpha value is -2.63. The van der Waals surface area contributed by atoms with Crippen LogP contribution >= 0.6 is 0 Å². The summed E-state index contributed by atoms with van der Waals surface area (Å²) < 4.78 is 16.0. The van der Waals surface area contributed by atoms with E-state index in [2.05, 4.69) is 15.0 Å². The Morgan fingerprint density at radius 3 is 2.95 bits per heavy atom. The highest BCUT2D eigenvalue weighted by molar-refractivity contribution is 5.75. The van der Waals surface area contributed by atoms with Gasteiger partial charge in [-0.1, -0.05) is 0 Å². The van der Waals surface area contributed by atoms with Crippen LogP contribution in [0.5, 0.6) is 0 Å². The van der Waals surface area contributed by atoms with Gasteiger partial charge in [0.05, 0.1) is 23.7 Å². The number of ketones is 1. The Morgan fingerprint density at radius 1 is 1.33 bits per heavy atom. The third-order valence-corrected chi connectivity index (χ3v) is 3.23. The Bertz CT molecular complexity index is 812. The van der Waals surface area contributed by atoms with Crippen molar-refractivity contribution in [2.24, 2.45) is 0 Å². The Kier molecular flexibility index (Phi) is 3.43. The SMILES string of the molecule is CC(=O)CCc1ccc(-c2cnc3cnccn23)c(F)n1. The molecule has 0 bridgehead atoms. The van der Waals surface area contributed by atoms with Crippen molar-refractivity contribution in [3.05, 3.63) is 48.6 Å². The minimum absolute atomic E-state index is 0.0653. The summed E-state index contributed by atoms with van der Waals surface area (Å²) >= 11 is 0. The van der Waals surface area contributed by atoms with Gasteiger partial charge in [-0.3, -0.25) is 9.38 Å². The molecule has 0 atom stereocenters. The number of pyridine rings is 1. The second kappa shape index (κ2) is 5.40. The lowest BCUT2D eigenvalue weighted by atomic mass is 10.1. The van der Waals surface area contributed by atoms with Gasteiger partial charge in [0, 0.05) is 24.5 Å². The summed E-state index contributed by atoms with van der Waals surface area (Å²) in [5, 5.41) is 0. The molecule has 0 unspecified atom stereocenters. The molecule has 0 saturated heterocycles. The average molecular weight is 284 g/mol. The van der Waals surface area contributed by atoms with Gasteiger partial charge in [-0.2, -0.15) is 4.39 Å². The fourth-order valence-electron chi connectivity index (χ4n) is 2.15. The number of fused-ring (bicyclic) bond motifs is 1. The molecule has 0 saturated carbocycles. The lowest BCUT2D eigenvalue weighted by Gasteiger charge is -2.05. The summed E-state index contributed by atoms with van der Waals surface area (Å²) in [6, 6.07) is 3.41. The minimum atomic E-state index is -0.560. The average Bonchev–Trinajstić information content (AvgIpc) is 2.89. The third-order valence-electron chi connectivity index (χ3n) is 3.23. The molecule has 3 aromatic rings. The summed E-state index contributed by atoms with van der Waals surface area (Å²) in [5.41, 5.74) is 2.21. The zero-order valence-electron chi connectivity index (χ0n) is 11.5. The molecule has 5 nitrogen and oxygen atoms in total. The topological polar surface area (TPSA) is 60.2 Å². The second-order valence-electron chi connectivity index (χ2n) is 4.79. The molecule has 3 heterocycles. The molecule has 0 radical (unpaired) electrons. The van der Waals surface area contributed by atoms with Crippen molar-refractivity contribution >= 4 is 11.4 Å². The molecule has 0 aliphatic carbocycles. The first kappa shape index (κ1) is 13.4. The number of nitrogens with zero attached hydrogens (tertiary/aromatic N) is 4. The second-order valence-corrected chi connectivity index (χ2v) is 4.79. The van der Waals surface area contributed by atoms with E-state index in [4.69, 9.17) is 0 Å². The molecular formula is C15H13FN4O. The number of carbonyl (C=O) groups excluding carboxylic acids is 1. The van der Waals surface area contributed by atoms with E-state index in [-0.39, 0.29) is 5.78 Å². The van der Waals surface area contributed by atoms with E-state index < -0.39 is 5.95 Å². The number of aromatic nitrogens is 4. The summed E-state index contributed by atoms with van der Waals surface area (Å²) in [7, 11) is 0. The number of Topliss-reactive ketones (excluding diaryl/α,β-unsaturated/α-hetero) is 1. The predicted molar refractivity (Wildman–Crippen MR) is 75.2 cm³/mol. The van der Waals surface area contributed by atoms with Crippen LogP contribution in [0.4, 0.5) is 4.39 Å². The molecule has 0 N–H and O–H groups in total. The third kappa shape index (κ3) is 2.65. The van der Waals surface area contributed by atoms with Crippen LogP contribution in [0.15, 0.2) is 36.9 Å². The van der Waals surface area contributed by atoms with Crippen LogP contribution in [-0.2, 0) is 11.2 Å². The summed E-state index contributed by atoms with van der Waals surface area (Å²) in [6.45, 7) is 1.51. The minimum Gasteiger partial charge on any atom is -0.300 e. The molecule has 3 rings (SSSR count). The summed E-state index contributed by atoms with van der Waals surface area (Å²) in [4.78, 5) is 23.0. The van der Waals surface area contributed by atoms with Gasteiger partial charge in [0.1, 0.15) is 5.78 Å². The normalized spacial score (nSPS) is 11.0. The quantitative estimate of drug-likeness (QED) is 0.690.